The predicted molar refractivity (Wildman–Crippen MR) is 89.2 cm³/mol. The minimum absolute atomic E-state index is 0.00120. The van der Waals surface area contributed by atoms with Crippen LogP contribution in [0.1, 0.15) is 37.4 Å². The van der Waals surface area contributed by atoms with Crippen LogP contribution in [0.25, 0.3) is 10.1 Å². The van der Waals surface area contributed by atoms with Crippen molar-refractivity contribution in [2.45, 2.75) is 33.7 Å². The van der Waals surface area contributed by atoms with Gasteiger partial charge in [-0.05, 0) is 24.5 Å². The highest BCUT2D eigenvalue weighted by Crippen LogP contribution is 2.39. The molecule has 3 N–H and O–H groups in total. The van der Waals surface area contributed by atoms with E-state index >= 15 is 0 Å². The van der Waals surface area contributed by atoms with Gasteiger partial charge in [0.15, 0.2) is 0 Å². The second-order valence-electron chi connectivity index (χ2n) is 6.24. The Morgan fingerprint density at radius 2 is 2.05 bits per heavy atom. The Labute approximate surface area is 129 Å². The number of anilines is 1. The van der Waals surface area contributed by atoms with Crippen LogP contribution in [0.15, 0.2) is 18.2 Å². The van der Waals surface area contributed by atoms with Gasteiger partial charge in [-0.2, -0.15) is 0 Å². The zero-order valence-electron chi connectivity index (χ0n) is 13.1. The van der Waals surface area contributed by atoms with Gasteiger partial charge < -0.3 is 15.8 Å². The van der Waals surface area contributed by atoms with E-state index in [0.29, 0.717) is 16.3 Å². The zero-order chi connectivity index (χ0) is 15.8. The molecule has 4 nitrogen and oxygen atoms in total. The Morgan fingerprint density at radius 1 is 1.38 bits per heavy atom. The van der Waals surface area contributed by atoms with Gasteiger partial charge in [-0.3, -0.25) is 4.79 Å². The summed E-state index contributed by atoms with van der Waals surface area (Å²) in [7, 11) is 1.60. The molecule has 0 radical (unpaired) electrons. The number of carbonyl (C=O) groups is 1. The molecular weight excluding hydrogens is 284 g/mol. The lowest BCUT2D eigenvalue weighted by Gasteiger charge is -2.27. The molecule has 0 aliphatic rings. The lowest BCUT2D eigenvalue weighted by Crippen LogP contribution is -2.41. The highest BCUT2D eigenvalue weighted by Gasteiger charge is 2.25. The Hall–Kier alpha value is -1.75. The number of fused-ring (bicyclic) bond motifs is 1. The van der Waals surface area contributed by atoms with Gasteiger partial charge in [0, 0.05) is 10.7 Å². The fourth-order valence-corrected chi connectivity index (χ4v) is 3.00. The first-order valence-electron chi connectivity index (χ1n) is 6.91. The first-order chi connectivity index (χ1) is 9.75. The molecule has 0 aliphatic heterocycles. The van der Waals surface area contributed by atoms with E-state index in [-0.39, 0.29) is 17.4 Å². The van der Waals surface area contributed by atoms with Crippen molar-refractivity contribution in [2.24, 2.45) is 5.41 Å². The highest BCUT2D eigenvalue weighted by atomic mass is 32.1. The first-order valence-corrected chi connectivity index (χ1v) is 7.73. The Kier molecular flexibility index (Phi) is 4.14. The number of nitrogens with one attached hydrogen (secondary N) is 1. The quantitative estimate of drug-likeness (QED) is 0.909. The summed E-state index contributed by atoms with van der Waals surface area (Å²) in [5.74, 6) is 0.572. The lowest BCUT2D eigenvalue weighted by atomic mass is 9.88. The maximum atomic E-state index is 12.5. The molecule has 5 heteroatoms. The Morgan fingerprint density at radius 3 is 2.62 bits per heavy atom. The van der Waals surface area contributed by atoms with Gasteiger partial charge in [0.1, 0.15) is 10.6 Å². The minimum atomic E-state index is -0.127. The standard InChI is InChI=1S/C16H22N2O2S/c1-9(16(2,3)4)18-15(19)14-13(17)12-10(20-5)7-6-8-11(12)21-14/h6-9H,17H2,1-5H3,(H,18,19). The summed E-state index contributed by atoms with van der Waals surface area (Å²) in [4.78, 5) is 13.0. The first kappa shape index (κ1) is 15.6. The third-order valence-corrected chi connectivity index (χ3v) is 4.96. The molecule has 1 amide bonds. The van der Waals surface area contributed by atoms with Gasteiger partial charge in [0.2, 0.25) is 0 Å². The summed E-state index contributed by atoms with van der Waals surface area (Å²) in [5, 5.41) is 3.84. The Bertz CT molecular complexity index is 671. The molecular formula is C16H22N2O2S. The van der Waals surface area contributed by atoms with Crippen molar-refractivity contribution in [2.75, 3.05) is 12.8 Å². The number of nitrogens with two attached hydrogens (primary N) is 1. The van der Waals surface area contributed by atoms with Gasteiger partial charge in [-0.1, -0.05) is 26.8 Å². The number of methoxy groups -OCH3 is 1. The summed E-state index contributed by atoms with van der Waals surface area (Å²) < 4.78 is 6.29. The number of amides is 1. The van der Waals surface area contributed by atoms with Crippen molar-refractivity contribution in [1.82, 2.24) is 5.32 Å². The maximum absolute atomic E-state index is 12.5. The summed E-state index contributed by atoms with van der Waals surface area (Å²) in [5.41, 5.74) is 6.66. The number of nitrogen functional groups attached to an aromatic ring is 1. The molecule has 21 heavy (non-hydrogen) atoms. The topological polar surface area (TPSA) is 64.3 Å². The van der Waals surface area contributed by atoms with Crippen LogP contribution >= 0.6 is 11.3 Å². The highest BCUT2D eigenvalue weighted by molar-refractivity contribution is 7.21. The van der Waals surface area contributed by atoms with Gasteiger partial charge in [-0.15, -0.1) is 11.3 Å². The lowest BCUT2D eigenvalue weighted by molar-refractivity contribution is 0.0915. The molecule has 1 aromatic carbocycles. The maximum Gasteiger partial charge on any atom is 0.263 e. The van der Waals surface area contributed by atoms with Crippen LogP contribution in [-0.4, -0.2) is 19.1 Å². The zero-order valence-corrected chi connectivity index (χ0v) is 13.9. The fraction of sp³-hybridized carbons (Fsp3) is 0.438. The van der Waals surface area contributed by atoms with E-state index in [2.05, 4.69) is 26.1 Å². The van der Waals surface area contributed by atoms with Crippen LogP contribution in [0.5, 0.6) is 5.75 Å². The molecule has 2 rings (SSSR count). The molecule has 0 aliphatic carbocycles. The van der Waals surface area contributed by atoms with E-state index in [1.165, 1.54) is 11.3 Å². The molecule has 114 valence electrons. The van der Waals surface area contributed by atoms with E-state index < -0.39 is 0 Å². The van der Waals surface area contributed by atoms with Crippen molar-refractivity contribution in [1.29, 1.82) is 0 Å². The summed E-state index contributed by atoms with van der Waals surface area (Å²) in [6, 6.07) is 5.75. The summed E-state index contributed by atoms with van der Waals surface area (Å²) in [6.07, 6.45) is 0. The third-order valence-electron chi connectivity index (χ3n) is 3.79. The molecule has 2 aromatic rings. The summed E-state index contributed by atoms with van der Waals surface area (Å²) >= 11 is 1.40. The number of hydrogen-bond acceptors (Lipinski definition) is 4. The van der Waals surface area contributed by atoms with Crippen LogP contribution < -0.4 is 15.8 Å². The molecule has 0 spiro atoms. The van der Waals surface area contributed by atoms with Gasteiger partial charge >= 0.3 is 0 Å². The van der Waals surface area contributed by atoms with Crippen molar-refractivity contribution in [3.63, 3.8) is 0 Å². The molecule has 0 fully saturated rings. The molecule has 1 aromatic heterocycles. The number of carbonyl (C=O) groups excluding carboxylic acids is 1. The van der Waals surface area contributed by atoms with Gasteiger partial charge in [-0.25, -0.2) is 0 Å². The molecule has 0 saturated heterocycles. The number of thiophene rings is 1. The van der Waals surface area contributed by atoms with E-state index in [9.17, 15) is 4.79 Å². The van der Waals surface area contributed by atoms with Crippen LogP contribution in [-0.2, 0) is 0 Å². The van der Waals surface area contributed by atoms with Crippen LogP contribution in [0.3, 0.4) is 0 Å². The van der Waals surface area contributed by atoms with Crippen molar-refractivity contribution < 1.29 is 9.53 Å². The van der Waals surface area contributed by atoms with Crippen molar-refractivity contribution in [3.8, 4) is 5.75 Å². The SMILES string of the molecule is COc1cccc2sc(C(=O)NC(C)C(C)(C)C)c(N)c12. The molecule has 1 unspecified atom stereocenters. The van der Waals surface area contributed by atoms with Crippen molar-refractivity contribution in [3.05, 3.63) is 23.1 Å². The third kappa shape index (κ3) is 2.97. The Balaban J connectivity index is 2.39. The van der Waals surface area contributed by atoms with E-state index in [4.69, 9.17) is 10.5 Å². The average Bonchev–Trinajstić information content (AvgIpc) is 2.75. The molecule has 1 heterocycles. The smallest absolute Gasteiger partial charge is 0.263 e. The second-order valence-corrected chi connectivity index (χ2v) is 7.29. The van der Waals surface area contributed by atoms with Gasteiger partial charge in [0.25, 0.3) is 5.91 Å². The molecule has 1 atom stereocenters. The number of hydrogen-bond donors (Lipinski definition) is 2. The number of rotatable bonds is 3. The van der Waals surface area contributed by atoms with Crippen LogP contribution in [0, 0.1) is 5.41 Å². The number of benzene rings is 1. The van der Waals surface area contributed by atoms with E-state index in [1.54, 1.807) is 7.11 Å². The number of ether oxygens (including phenoxy) is 1. The predicted octanol–water partition coefficient (Wildman–Crippen LogP) is 3.66. The van der Waals surface area contributed by atoms with E-state index in [0.717, 1.165) is 10.1 Å². The van der Waals surface area contributed by atoms with Gasteiger partial charge in [0.05, 0.1) is 18.2 Å². The monoisotopic (exact) mass is 306 g/mol. The summed E-state index contributed by atoms with van der Waals surface area (Å²) in [6.45, 7) is 8.28. The van der Waals surface area contributed by atoms with Crippen molar-refractivity contribution >= 4 is 33.0 Å². The second kappa shape index (κ2) is 5.56. The normalized spacial score (nSPS) is 13.2. The fourth-order valence-electron chi connectivity index (χ4n) is 1.96. The van der Waals surface area contributed by atoms with Crippen LogP contribution in [0.2, 0.25) is 0 Å². The van der Waals surface area contributed by atoms with Crippen LogP contribution in [0.4, 0.5) is 5.69 Å². The van der Waals surface area contributed by atoms with E-state index in [1.807, 2.05) is 25.1 Å². The average molecular weight is 306 g/mol. The minimum Gasteiger partial charge on any atom is -0.496 e. The molecule has 0 bridgehead atoms. The molecule has 0 saturated carbocycles. The largest absolute Gasteiger partial charge is 0.496 e.